The number of ketones is 1. The Morgan fingerprint density at radius 3 is 2.83 bits per heavy atom. The van der Waals surface area contributed by atoms with Gasteiger partial charge in [-0.1, -0.05) is 0 Å². The van der Waals surface area contributed by atoms with Crippen molar-refractivity contribution in [2.24, 2.45) is 0 Å². The van der Waals surface area contributed by atoms with Crippen molar-refractivity contribution in [2.45, 2.75) is 13.3 Å². The fourth-order valence-corrected chi connectivity index (χ4v) is 1.22. The summed E-state index contributed by atoms with van der Waals surface area (Å²) in [6.45, 7) is 2.16. The number of amides is 1. The van der Waals surface area contributed by atoms with E-state index in [0.29, 0.717) is 18.1 Å². The summed E-state index contributed by atoms with van der Waals surface area (Å²) in [5.74, 6) is 0.0127. The molecule has 1 saturated heterocycles. The number of carbonyl (C=O) groups is 2. The van der Waals surface area contributed by atoms with Crippen molar-refractivity contribution >= 4 is 29.0 Å². The molecule has 12 heavy (non-hydrogen) atoms. The second kappa shape index (κ2) is 3.62. The van der Waals surface area contributed by atoms with Crippen molar-refractivity contribution in [1.29, 1.82) is 0 Å². The molecular formula is C7H10N2O2S. The summed E-state index contributed by atoms with van der Waals surface area (Å²) in [5, 5.41) is 3.17. The van der Waals surface area contributed by atoms with E-state index in [2.05, 4.69) is 5.32 Å². The van der Waals surface area contributed by atoms with Crippen LogP contribution >= 0.6 is 12.2 Å². The lowest BCUT2D eigenvalue weighted by Gasteiger charge is -2.12. The fourth-order valence-electron chi connectivity index (χ4n) is 0.951. The van der Waals surface area contributed by atoms with Gasteiger partial charge in [-0.15, -0.1) is 0 Å². The number of nitrogens with one attached hydrogen (secondary N) is 1. The van der Waals surface area contributed by atoms with Crippen LogP contribution in [-0.2, 0) is 9.59 Å². The van der Waals surface area contributed by atoms with Gasteiger partial charge in [0.15, 0.2) is 5.11 Å². The van der Waals surface area contributed by atoms with E-state index in [9.17, 15) is 9.59 Å². The van der Waals surface area contributed by atoms with Crippen LogP contribution in [0.4, 0.5) is 0 Å². The summed E-state index contributed by atoms with van der Waals surface area (Å²) in [6, 6.07) is 0. The Hall–Kier alpha value is -0.970. The Kier molecular flexibility index (Phi) is 2.75. The zero-order valence-corrected chi connectivity index (χ0v) is 7.61. The van der Waals surface area contributed by atoms with Gasteiger partial charge >= 0.3 is 0 Å². The lowest BCUT2D eigenvalue weighted by Crippen LogP contribution is -2.32. The predicted octanol–water partition coefficient (Wildman–Crippen LogP) is -0.318. The van der Waals surface area contributed by atoms with Crippen LogP contribution in [0, 0.1) is 0 Å². The zero-order valence-electron chi connectivity index (χ0n) is 6.79. The first-order chi connectivity index (χ1) is 5.61. The SMILES string of the molecule is CC(=O)CCN1C(=O)CNC1=S. The topological polar surface area (TPSA) is 49.4 Å². The number of carbonyl (C=O) groups excluding carboxylic acids is 2. The molecule has 0 radical (unpaired) electrons. The molecule has 1 N–H and O–H groups in total. The van der Waals surface area contributed by atoms with Gasteiger partial charge in [0.2, 0.25) is 5.91 Å². The number of nitrogens with zero attached hydrogens (tertiary/aromatic N) is 1. The van der Waals surface area contributed by atoms with E-state index in [1.54, 1.807) is 0 Å². The van der Waals surface area contributed by atoms with Gasteiger partial charge in [0.25, 0.3) is 0 Å². The van der Waals surface area contributed by atoms with Crippen molar-refractivity contribution in [3.05, 3.63) is 0 Å². The molecule has 0 aromatic heterocycles. The molecule has 5 heteroatoms. The molecule has 4 nitrogen and oxygen atoms in total. The smallest absolute Gasteiger partial charge is 0.248 e. The monoisotopic (exact) mass is 186 g/mol. The number of rotatable bonds is 3. The van der Waals surface area contributed by atoms with Crippen LogP contribution in [0.1, 0.15) is 13.3 Å². The summed E-state index contributed by atoms with van der Waals surface area (Å²) in [5.41, 5.74) is 0. The number of thiocarbonyl (C=S) groups is 1. The Labute approximate surface area is 75.9 Å². The van der Waals surface area contributed by atoms with Crippen LogP contribution < -0.4 is 5.32 Å². The second-order valence-corrected chi connectivity index (χ2v) is 3.04. The molecule has 0 saturated carbocycles. The maximum atomic E-state index is 11.1. The van der Waals surface area contributed by atoms with Crippen molar-refractivity contribution in [3.63, 3.8) is 0 Å². The van der Waals surface area contributed by atoms with Crippen molar-refractivity contribution in [1.82, 2.24) is 10.2 Å². The van der Waals surface area contributed by atoms with Crippen LogP contribution in [0.5, 0.6) is 0 Å². The minimum Gasteiger partial charge on any atom is -0.353 e. The molecule has 0 atom stereocenters. The average Bonchev–Trinajstić information content (AvgIpc) is 2.28. The van der Waals surface area contributed by atoms with Gasteiger partial charge in [0.05, 0.1) is 6.54 Å². The highest BCUT2D eigenvalue weighted by Crippen LogP contribution is 2.00. The van der Waals surface area contributed by atoms with Crippen LogP contribution in [0.25, 0.3) is 0 Å². The molecule has 1 fully saturated rings. The molecule has 0 aromatic carbocycles. The molecule has 0 spiro atoms. The third-order valence-electron chi connectivity index (χ3n) is 1.62. The van der Waals surface area contributed by atoms with E-state index in [-0.39, 0.29) is 18.2 Å². The van der Waals surface area contributed by atoms with Gasteiger partial charge in [-0.05, 0) is 19.1 Å². The number of hydrogen-bond acceptors (Lipinski definition) is 3. The molecule has 0 unspecified atom stereocenters. The average molecular weight is 186 g/mol. The third-order valence-corrected chi connectivity index (χ3v) is 1.99. The lowest BCUT2D eigenvalue weighted by atomic mass is 10.3. The van der Waals surface area contributed by atoms with E-state index >= 15 is 0 Å². The van der Waals surface area contributed by atoms with Gasteiger partial charge in [-0.25, -0.2) is 0 Å². The minimum atomic E-state index is -0.0544. The summed E-state index contributed by atoms with van der Waals surface area (Å²) in [4.78, 5) is 23.1. The third kappa shape index (κ3) is 2.01. The molecule has 0 aliphatic carbocycles. The minimum absolute atomic E-state index is 0.0544. The van der Waals surface area contributed by atoms with Crippen LogP contribution in [-0.4, -0.2) is 34.8 Å². The first kappa shape index (κ1) is 9.12. The fraction of sp³-hybridized carbons (Fsp3) is 0.571. The Morgan fingerprint density at radius 2 is 2.42 bits per heavy atom. The molecule has 1 amide bonds. The highest BCUT2D eigenvalue weighted by molar-refractivity contribution is 7.80. The standard InChI is InChI=1S/C7H10N2O2S/c1-5(10)2-3-9-6(11)4-8-7(9)12/h2-4H2,1H3,(H,8,12). The maximum Gasteiger partial charge on any atom is 0.248 e. The van der Waals surface area contributed by atoms with E-state index in [0.717, 1.165) is 0 Å². The van der Waals surface area contributed by atoms with Gasteiger partial charge < -0.3 is 5.32 Å². The van der Waals surface area contributed by atoms with E-state index in [1.807, 2.05) is 0 Å². The van der Waals surface area contributed by atoms with Crippen LogP contribution in [0.15, 0.2) is 0 Å². The summed E-state index contributed by atoms with van der Waals surface area (Å²) >= 11 is 4.85. The molecule has 0 aromatic rings. The predicted molar refractivity (Wildman–Crippen MR) is 47.6 cm³/mol. The van der Waals surface area contributed by atoms with E-state index in [4.69, 9.17) is 12.2 Å². The largest absolute Gasteiger partial charge is 0.353 e. The summed E-state index contributed by atoms with van der Waals surface area (Å²) in [7, 11) is 0. The normalized spacial score (nSPS) is 16.6. The van der Waals surface area contributed by atoms with Crippen molar-refractivity contribution < 1.29 is 9.59 Å². The van der Waals surface area contributed by atoms with E-state index < -0.39 is 0 Å². The summed E-state index contributed by atoms with van der Waals surface area (Å²) < 4.78 is 0. The zero-order chi connectivity index (χ0) is 9.14. The van der Waals surface area contributed by atoms with Gasteiger partial charge in [0, 0.05) is 13.0 Å². The first-order valence-corrected chi connectivity index (χ1v) is 4.09. The maximum absolute atomic E-state index is 11.1. The highest BCUT2D eigenvalue weighted by atomic mass is 32.1. The Morgan fingerprint density at radius 1 is 1.75 bits per heavy atom. The van der Waals surface area contributed by atoms with Gasteiger partial charge in [-0.2, -0.15) is 0 Å². The molecule has 1 aliphatic rings. The molecule has 1 rings (SSSR count). The van der Waals surface area contributed by atoms with Crippen molar-refractivity contribution in [3.8, 4) is 0 Å². The molecule has 66 valence electrons. The quantitative estimate of drug-likeness (QED) is 0.614. The lowest BCUT2D eigenvalue weighted by molar-refractivity contribution is -0.125. The van der Waals surface area contributed by atoms with Gasteiger partial charge in [0.1, 0.15) is 5.78 Å². The molecule has 1 aliphatic heterocycles. The highest BCUT2D eigenvalue weighted by Gasteiger charge is 2.24. The second-order valence-electron chi connectivity index (χ2n) is 2.66. The first-order valence-electron chi connectivity index (χ1n) is 3.69. The Bertz CT molecular complexity index is 224. The van der Waals surface area contributed by atoms with Crippen LogP contribution in [0.3, 0.4) is 0 Å². The van der Waals surface area contributed by atoms with E-state index in [1.165, 1.54) is 11.8 Å². The van der Waals surface area contributed by atoms with Crippen LogP contribution in [0.2, 0.25) is 0 Å². The Balaban J connectivity index is 2.45. The molecule has 0 bridgehead atoms. The number of Topliss-reactive ketones (excluding diaryl/α,β-unsaturated/α-hetero) is 1. The number of hydrogen-bond donors (Lipinski definition) is 1. The van der Waals surface area contributed by atoms with Gasteiger partial charge in [-0.3, -0.25) is 14.5 Å². The molecule has 1 heterocycles. The molecular weight excluding hydrogens is 176 g/mol. The van der Waals surface area contributed by atoms with Crippen molar-refractivity contribution in [2.75, 3.05) is 13.1 Å². The summed E-state index contributed by atoms with van der Waals surface area (Å²) in [6.07, 6.45) is 0.369.